The zero-order chi connectivity index (χ0) is 14.8. The van der Waals surface area contributed by atoms with Gasteiger partial charge in [-0.2, -0.15) is 16.7 Å². The summed E-state index contributed by atoms with van der Waals surface area (Å²) in [7, 11) is 0. The van der Waals surface area contributed by atoms with Crippen molar-refractivity contribution in [2.45, 2.75) is 35.6 Å². The third-order valence-electron chi connectivity index (χ3n) is 3.72. The highest BCUT2D eigenvalue weighted by molar-refractivity contribution is 8.07. The summed E-state index contributed by atoms with van der Waals surface area (Å²) >= 11 is 3.89. The highest BCUT2D eigenvalue weighted by Crippen LogP contribution is 2.43. The maximum absolute atomic E-state index is 6.20. The van der Waals surface area contributed by atoms with Crippen molar-refractivity contribution in [1.82, 2.24) is 10.1 Å². The van der Waals surface area contributed by atoms with E-state index >= 15 is 0 Å². The molecule has 4 nitrogen and oxygen atoms in total. The Morgan fingerprint density at radius 3 is 2.71 bits per heavy atom. The van der Waals surface area contributed by atoms with Crippen LogP contribution in [0.25, 0.3) is 0 Å². The Labute approximate surface area is 133 Å². The smallest absolute Gasteiger partial charge is 0.248 e. The van der Waals surface area contributed by atoms with E-state index in [1.165, 1.54) is 0 Å². The first-order chi connectivity index (χ1) is 10.1. The fraction of sp³-hybridized carbons (Fsp3) is 0.467. The van der Waals surface area contributed by atoms with Crippen LogP contribution in [0.15, 0.2) is 34.9 Å². The molecular formula is C15H19N3OS2. The highest BCUT2D eigenvalue weighted by atomic mass is 32.2. The predicted octanol–water partition coefficient (Wildman–Crippen LogP) is 3.42. The normalized spacial score (nSPS) is 27.5. The summed E-state index contributed by atoms with van der Waals surface area (Å²) in [5, 5.41) is 5.71. The summed E-state index contributed by atoms with van der Waals surface area (Å²) in [5.74, 6) is 2.29. The van der Waals surface area contributed by atoms with Crippen molar-refractivity contribution in [2.24, 2.45) is 5.73 Å². The van der Waals surface area contributed by atoms with E-state index in [2.05, 4.69) is 24.0 Å². The molecule has 4 atom stereocenters. The average Bonchev–Trinajstić information content (AvgIpc) is 3.00. The number of rotatable bonds is 3. The average molecular weight is 321 g/mol. The van der Waals surface area contributed by atoms with Crippen molar-refractivity contribution in [3.8, 4) is 0 Å². The second kappa shape index (κ2) is 6.42. The van der Waals surface area contributed by atoms with Crippen LogP contribution in [0, 0.1) is 0 Å². The van der Waals surface area contributed by atoms with E-state index in [0.717, 1.165) is 17.1 Å². The molecule has 4 unspecified atom stereocenters. The fourth-order valence-corrected chi connectivity index (χ4v) is 5.06. The van der Waals surface area contributed by atoms with E-state index in [4.69, 9.17) is 10.3 Å². The van der Waals surface area contributed by atoms with Crippen molar-refractivity contribution in [3.63, 3.8) is 0 Å². The zero-order valence-corrected chi connectivity index (χ0v) is 13.7. The monoisotopic (exact) mass is 321 g/mol. The molecule has 6 heteroatoms. The van der Waals surface area contributed by atoms with Crippen LogP contribution in [0.1, 0.15) is 42.4 Å². The molecule has 2 aromatic rings. The number of thioether (sulfide) groups is 2. The van der Waals surface area contributed by atoms with Crippen LogP contribution in [0.2, 0.25) is 0 Å². The molecule has 0 radical (unpaired) electrons. The molecule has 0 amide bonds. The molecule has 0 bridgehead atoms. The van der Waals surface area contributed by atoms with Crippen molar-refractivity contribution in [3.05, 3.63) is 47.6 Å². The maximum Gasteiger partial charge on any atom is 0.248 e. The van der Waals surface area contributed by atoms with E-state index in [-0.39, 0.29) is 6.04 Å². The minimum Gasteiger partial charge on any atom is -0.337 e. The summed E-state index contributed by atoms with van der Waals surface area (Å²) in [4.78, 5) is 4.53. The summed E-state index contributed by atoms with van der Waals surface area (Å²) in [6, 6.07) is 9.48. The largest absolute Gasteiger partial charge is 0.337 e. The summed E-state index contributed by atoms with van der Waals surface area (Å²) < 4.78 is 5.39. The van der Waals surface area contributed by atoms with Crippen molar-refractivity contribution in [1.29, 1.82) is 0 Å². The lowest BCUT2D eigenvalue weighted by Gasteiger charge is -2.29. The highest BCUT2D eigenvalue weighted by Gasteiger charge is 2.30. The number of hydrogen-bond acceptors (Lipinski definition) is 6. The maximum atomic E-state index is 6.20. The molecule has 112 valence electrons. The molecule has 1 aromatic carbocycles. The van der Waals surface area contributed by atoms with Gasteiger partial charge in [-0.25, -0.2) is 0 Å². The van der Waals surface area contributed by atoms with Gasteiger partial charge in [0.15, 0.2) is 5.82 Å². The zero-order valence-electron chi connectivity index (χ0n) is 12.1. The van der Waals surface area contributed by atoms with E-state index < -0.39 is 0 Å². The number of aromatic nitrogens is 2. The van der Waals surface area contributed by atoms with Crippen LogP contribution in [-0.4, -0.2) is 26.4 Å². The lowest BCUT2D eigenvalue weighted by Crippen LogP contribution is -2.22. The molecule has 2 N–H and O–H groups in total. The second-order valence-electron chi connectivity index (χ2n) is 5.25. The van der Waals surface area contributed by atoms with Crippen LogP contribution in [-0.2, 0) is 0 Å². The van der Waals surface area contributed by atoms with Crippen molar-refractivity contribution in [2.75, 3.05) is 5.75 Å². The van der Waals surface area contributed by atoms with Gasteiger partial charge >= 0.3 is 0 Å². The SMILES string of the molecule is CC1SCC(c2noc(C(N)c3ccccc3)n2)SC1C. The van der Waals surface area contributed by atoms with Gasteiger partial charge in [-0.15, -0.1) is 11.8 Å². The predicted molar refractivity (Wildman–Crippen MR) is 88.5 cm³/mol. The van der Waals surface area contributed by atoms with Gasteiger partial charge < -0.3 is 10.3 Å². The van der Waals surface area contributed by atoms with Gasteiger partial charge in [-0.3, -0.25) is 0 Å². The minimum absolute atomic E-state index is 0.293. The molecule has 0 spiro atoms. The van der Waals surface area contributed by atoms with Gasteiger partial charge in [0.05, 0.1) is 5.25 Å². The van der Waals surface area contributed by atoms with Crippen LogP contribution < -0.4 is 5.73 Å². The molecule has 1 aliphatic heterocycles. The first-order valence-electron chi connectivity index (χ1n) is 7.06. The van der Waals surface area contributed by atoms with Gasteiger partial charge in [0, 0.05) is 16.3 Å². The van der Waals surface area contributed by atoms with Gasteiger partial charge in [-0.05, 0) is 5.56 Å². The second-order valence-corrected chi connectivity index (χ2v) is 8.24. The summed E-state index contributed by atoms with van der Waals surface area (Å²) in [5.41, 5.74) is 7.19. The van der Waals surface area contributed by atoms with E-state index in [9.17, 15) is 0 Å². The van der Waals surface area contributed by atoms with Gasteiger partial charge in [0.2, 0.25) is 5.89 Å². The Hall–Kier alpha value is -0.980. The van der Waals surface area contributed by atoms with Crippen LogP contribution >= 0.6 is 23.5 Å². The Morgan fingerprint density at radius 2 is 2.00 bits per heavy atom. The standard InChI is InChI=1S/C15H19N3OS2/c1-9-10(2)21-12(8-20-9)14-17-15(19-18-14)13(16)11-6-4-3-5-7-11/h3-7,9-10,12-13H,8,16H2,1-2H3. The molecule has 0 aliphatic carbocycles. The van der Waals surface area contributed by atoms with Crippen molar-refractivity contribution < 1.29 is 4.52 Å². The Kier molecular flexibility index (Phi) is 4.57. The molecule has 1 saturated heterocycles. The molecule has 2 heterocycles. The quantitative estimate of drug-likeness (QED) is 0.934. The fourth-order valence-electron chi connectivity index (χ4n) is 2.23. The lowest BCUT2D eigenvalue weighted by atomic mass is 10.1. The van der Waals surface area contributed by atoms with Crippen LogP contribution in [0.5, 0.6) is 0 Å². The minimum atomic E-state index is -0.356. The number of nitrogens with two attached hydrogens (primary N) is 1. The van der Waals surface area contributed by atoms with Gasteiger partial charge in [0.25, 0.3) is 0 Å². The van der Waals surface area contributed by atoms with Crippen LogP contribution in [0.4, 0.5) is 0 Å². The number of benzene rings is 1. The molecular weight excluding hydrogens is 302 g/mol. The molecule has 21 heavy (non-hydrogen) atoms. The summed E-state index contributed by atoms with van der Waals surface area (Å²) in [6.07, 6.45) is 0. The van der Waals surface area contributed by atoms with Crippen molar-refractivity contribution >= 4 is 23.5 Å². The van der Waals surface area contributed by atoms with Gasteiger partial charge in [0.1, 0.15) is 6.04 Å². The summed E-state index contributed by atoms with van der Waals surface area (Å²) in [6.45, 7) is 4.52. The first kappa shape index (κ1) is 14.9. The van der Waals surface area contributed by atoms with E-state index in [0.29, 0.717) is 21.6 Å². The van der Waals surface area contributed by atoms with Crippen LogP contribution in [0.3, 0.4) is 0 Å². The third-order valence-corrected chi connectivity index (χ3v) is 7.11. The molecule has 0 saturated carbocycles. The Morgan fingerprint density at radius 1 is 1.24 bits per heavy atom. The molecule has 1 aliphatic rings. The van der Waals surface area contributed by atoms with E-state index in [1.54, 1.807) is 0 Å². The number of nitrogens with zero attached hydrogens (tertiary/aromatic N) is 2. The lowest BCUT2D eigenvalue weighted by molar-refractivity contribution is 0.362. The Bertz CT molecular complexity index is 590. The molecule has 1 aromatic heterocycles. The Balaban J connectivity index is 1.75. The molecule has 1 fully saturated rings. The topological polar surface area (TPSA) is 64.9 Å². The number of hydrogen-bond donors (Lipinski definition) is 1. The first-order valence-corrected chi connectivity index (χ1v) is 9.05. The molecule has 3 rings (SSSR count). The van der Waals surface area contributed by atoms with Gasteiger partial charge in [-0.1, -0.05) is 49.3 Å². The van der Waals surface area contributed by atoms with E-state index in [1.807, 2.05) is 53.9 Å². The third kappa shape index (κ3) is 3.27.